The minimum atomic E-state index is 0.695. The maximum Gasteiger partial charge on any atom is 0.119 e. The minimum absolute atomic E-state index is 0.695. The molecule has 0 aromatic heterocycles. The molecule has 2 heteroatoms. The van der Waals surface area contributed by atoms with Gasteiger partial charge in [-0.25, -0.2) is 0 Å². The highest BCUT2D eigenvalue weighted by molar-refractivity contribution is 5.29. The summed E-state index contributed by atoms with van der Waals surface area (Å²) in [6.07, 6.45) is 6.41. The van der Waals surface area contributed by atoms with E-state index in [1.54, 1.807) is 0 Å². The number of hydrogen-bond acceptors (Lipinski definition) is 2. The lowest BCUT2D eigenvalue weighted by Crippen LogP contribution is -2.06. The van der Waals surface area contributed by atoms with E-state index in [2.05, 4.69) is 24.3 Å². The van der Waals surface area contributed by atoms with Crippen molar-refractivity contribution in [3.05, 3.63) is 29.8 Å². The molecule has 2 rings (SSSR count). The average Bonchev–Trinajstić information content (AvgIpc) is 2.84. The SMILES string of the molecule is NCCCOc1ccc(C2CCCC2)cc1. The van der Waals surface area contributed by atoms with Gasteiger partial charge in [-0.05, 0) is 49.4 Å². The highest BCUT2D eigenvalue weighted by Gasteiger charge is 2.16. The van der Waals surface area contributed by atoms with Crippen molar-refractivity contribution >= 4 is 0 Å². The molecule has 0 spiro atoms. The maximum atomic E-state index is 5.58. The quantitative estimate of drug-likeness (QED) is 0.772. The molecule has 0 atom stereocenters. The number of rotatable bonds is 5. The Hall–Kier alpha value is -1.02. The zero-order chi connectivity index (χ0) is 11.2. The molecule has 16 heavy (non-hydrogen) atoms. The van der Waals surface area contributed by atoms with Crippen molar-refractivity contribution in [3.8, 4) is 5.75 Å². The second-order valence-corrected chi connectivity index (χ2v) is 4.54. The van der Waals surface area contributed by atoms with Crippen LogP contribution in [0, 0.1) is 0 Å². The van der Waals surface area contributed by atoms with Gasteiger partial charge in [0.2, 0.25) is 0 Å². The Labute approximate surface area is 97.8 Å². The van der Waals surface area contributed by atoms with Crippen LogP contribution in [0.1, 0.15) is 43.6 Å². The van der Waals surface area contributed by atoms with Crippen LogP contribution in [-0.2, 0) is 0 Å². The molecule has 1 aromatic rings. The van der Waals surface area contributed by atoms with Gasteiger partial charge in [-0.3, -0.25) is 0 Å². The van der Waals surface area contributed by atoms with Crippen LogP contribution in [0.3, 0.4) is 0 Å². The minimum Gasteiger partial charge on any atom is -0.494 e. The molecule has 1 saturated carbocycles. The third-order valence-electron chi connectivity index (χ3n) is 3.32. The van der Waals surface area contributed by atoms with Crippen LogP contribution in [-0.4, -0.2) is 13.2 Å². The summed E-state index contributed by atoms with van der Waals surface area (Å²) in [7, 11) is 0. The van der Waals surface area contributed by atoms with Gasteiger partial charge in [0.15, 0.2) is 0 Å². The summed E-state index contributed by atoms with van der Waals surface area (Å²) >= 11 is 0. The van der Waals surface area contributed by atoms with E-state index in [1.807, 2.05) is 0 Å². The summed E-state index contributed by atoms with van der Waals surface area (Å²) in [6.45, 7) is 1.42. The zero-order valence-corrected chi connectivity index (χ0v) is 9.82. The van der Waals surface area contributed by atoms with Gasteiger partial charge in [0, 0.05) is 0 Å². The van der Waals surface area contributed by atoms with Gasteiger partial charge in [-0.15, -0.1) is 0 Å². The van der Waals surface area contributed by atoms with Gasteiger partial charge in [0.1, 0.15) is 5.75 Å². The van der Waals surface area contributed by atoms with Crippen molar-refractivity contribution in [2.24, 2.45) is 5.73 Å². The monoisotopic (exact) mass is 219 g/mol. The van der Waals surface area contributed by atoms with Crippen molar-refractivity contribution in [3.63, 3.8) is 0 Å². The topological polar surface area (TPSA) is 35.2 Å². The molecule has 0 amide bonds. The van der Waals surface area contributed by atoms with Gasteiger partial charge in [-0.2, -0.15) is 0 Å². The summed E-state index contributed by atoms with van der Waals surface area (Å²) in [4.78, 5) is 0. The lowest BCUT2D eigenvalue weighted by Gasteiger charge is -2.10. The normalized spacial score (nSPS) is 16.6. The number of ether oxygens (including phenoxy) is 1. The fourth-order valence-corrected chi connectivity index (χ4v) is 2.37. The Kier molecular flexibility index (Phi) is 4.23. The van der Waals surface area contributed by atoms with Crippen molar-refractivity contribution in [1.82, 2.24) is 0 Å². The first-order valence-electron chi connectivity index (χ1n) is 6.33. The third kappa shape index (κ3) is 2.99. The van der Waals surface area contributed by atoms with E-state index in [9.17, 15) is 0 Å². The predicted octanol–water partition coefficient (Wildman–Crippen LogP) is 3.07. The summed E-state index contributed by atoms with van der Waals surface area (Å²) in [6, 6.07) is 8.61. The molecule has 0 heterocycles. The van der Waals surface area contributed by atoms with E-state index in [0.29, 0.717) is 6.54 Å². The van der Waals surface area contributed by atoms with E-state index >= 15 is 0 Å². The smallest absolute Gasteiger partial charge is 0.119 e. The first kappa shape index (κ1) is 11.5. The summed E-state index contributed by atoms with van der Waals surface area (Å²) in [5.41, 5.74) is 6.90. The molecule has 88 valence electrons. The lowest BCUT2D eigenvalue weighted by molar-refractivity contribution is 0.313. The third-order valence-corrected chi connectivity index (χ3v) is 3.32. The largest absolute Gasteiger partial charge is 0.494 e. The average molecular weight is 219 g/mol. The number of benzene rings is 1. The van der Waals surface area contributed by atoms with Crippen LogP contribution in [0.25, 0.3) is 0 Å². The van der Waals surface area contributed by atoms with E-state index in [1.165, 1.54) is 31.2 Å². The second-order valence-electron chi connectivity index (χ2n) is 4.54. The Morgan fingerprint density at radius 1 is 1.12 bits per heavy atom. The molecule has 1 aliphatic carbocycles. The second kappa shape index (κ2) is 5.90. The van der Waals surface area contributed by atoms with Crippen LogP contribution in [0.5, 0.6) is 5.75 Å². The molecule has 0 bridgehead atoms. The molecular formula is C14H21NO. The first-order valence-corrected chi connectivity index (χ1v) is 6.33. The van der Waals surface area contributed by atoms with Crippen LogP contribution < -0.4 is 10.5 Å². The Bertz CT molecular complexity index is 301. The number of nitrogens with two attached hydrogens (primary N) is 1. The molecule has 1 aliphatic rings. The van der Waals surface area contributed by atoms with Crippen LogP contribution in [0.2, 0.25) is 0 Å². The van der Waals surface area contributed by atoms with Gasteiger partial charge in [-0.1, -0.05) is 25.0 Å². The Morgan fingerprint density at radius 3 is 2.44 bits per heavy atom. The van der Waals surface area contributed by atoms with Crippen LogP contribution in [0.4, 0.5) is 0 Å². The van der Waals surface area contributed by atoms with Crippen LogP contribution >= 0.6 is 0 Å². The standard InChI is InChI=1S/C14H21NO/c15-10-3-11-16-14-8-6-13(7-9-14)12-4-1-2-5-12/h6-9,12H,1-5,10-11,15H2. The van der Waals surface area contributed by atoms with E-state index in [4.69, 9.17) is 10.5 Å². The van der Waals surface area contributed by atoms with Crippen LogP contribution in [0.15, 0.2) is 24.3 Å². The van der Waals surface area contributed by atoms with Crippen molar-refractivity contribution < 1.29 is 4.74 Å². The van der Waals surface area contributed by atoms with Crippen molar-refractivity contribution in [1.29, 1.82) is 0 Å². The molecule has 0 unspecified atom stereocenters. The van der Waals surface area contributed by atoms with E-state index < -0.39 is 0 Å². The predicted molar refractivity (Wildman–Crippen MR) is 66.8 cm³/mol. The lowest BCUT2D eigenvalue weighted by atomic mass is 9.98. The summed E-state index contributed by atoms with van der Waals surface area (Å²) in [5, 5.41) is 0. The van der Waals surface area contributed by atoms with Gasteiger partial charge >= 0.3 is 0 Å². The zero-order valence-electron chi connectivity index (χ0n) is 9.82. The Balaban J connectivity index is 1.88. The van der Waals surface area contributed by atoms with Gasteiger partial charge in [0.05, 0.1) is 6.61 Å². The van der Waals surface area contributed by atoms with Crippen molar-refractivity contribution in [2.75, 3.05) is 13.2 Å². The van der Waals surface area contributed by atoms with E-state index in [0.717, 1.165) is 24.7 Å². The molecule has 2 N–H and O–H groups in total. The highest BCUT2D eigenvalue weighted by Crippen LogP contribution is 2.34. The molecule has 0 radical (unpaired) electrons. The fraction of sp³-hybridized carbons (Fsp3) is 0.571. The molecular weight excluding hydrogens is 198 g/mol. The molecule has 0 saturated heterocycles. The van der Waals surface area contributed by atoms with E-state index in [-0.39, 0.29) is 0 Å². The first-order chi connectivity index (χ1) is 7.90. The van der Waals surface area contributed by atoms with Gasteiger partial charge < -0.3 is 10.5 Å². The summed E-state index contributed by atoms with van der Waals surface area (Å²) < 4.78 is 5.58. The molecule has 2 nitrogen and oxygen atoms in total. The maximum absolute atomic E-state index is 5.58. The fourth-order valence-electron chi connectivity index (χ4n) is 2.37. The highest BCUT2D eigenvalue weighted by atomic mass is 16.5. The Morgan fingerprint density at radius 2 is 1.81 bits per heavy atom. The van der Waals surface area contributed by atoms with Crippen molar-refractivity contribution in [2.45, 2.75) is 38.0 Å². The molecule has 1 fully saturated rings. The molecule has 0 aliphatic heterocycles. The van der Waals surface area contributed by atoms with Gasteiger partial charge in [0.25, 0.3) is 0 Å². The number of hydrogen-bond donors (Lipinski definition) is 1. The summed E-state index contributed by atoms with van der Waals surface area (Å²) in [5.74, 6) is 1.76. The molecule has 1 aromatic carbocycles.